The standard InChI is InChI=1S/C18H35N5O2/c1-15(2)20-17(24)14-22-10-12-23(13-11-22)18(25)19-6-9-21-7-4-16(3)5-8-21/h15-16H,4-14H2,1-3H3,(H,19,25)(H,20,24). The zero-order valence-electron chi connectivity index (χ0n) is 16.1. The number of carbonyl (C=O) groups is 2. The van der Waals surface area contributed by atoms with Gasteiger partial charge in [-0.1, -0.05) is 6.92 Å². The number of nitrogens with one attached hydrogen (secondary N) is 2. The van der Waals surface area contributed by atoms with E-state index in [1.54, 1.807) is 0 Å². The Morgan fingerprint density at radius 3 is 2.24 bits per heavy atom. The van der Waals surface area contributed by atoms with Gasteiger partial charge in [-0.3, -0.25) is 9.69 Å². The molecule has 2 saturated heterocycles. The second kappa shape index (κ2) is 9.97. The highest BCUT2D eigenvalue weighted by molar-refractivity contribution is 5.78. The van der Waals surface area contributed by atoms with Crippen LogP contribution in [0.5, 0.6) is 0 Å². The minimum absolute atomic E-state index is 0.0247. The molecular weight excluding hydrogens is 318 g/mol. The molecule has 25 heavy (non-hydrogen) atoms. The van der Waals surface area contributed by atoms with E-state index in [2.05, 4.69) is 27.4 Å². The van der Waals surface area contributed by atoms with E-state index in [-0.39, 0.29) is 18.0 Å². The summed E-state index contributed by atoms with van der Waals surface area (Å²) in [6.07, 6.45) is 2.53. The third-order valence-corrected chi connectivity index (χ3v) is 5.06. The molecule has 0 aromatic carbocycles. The van der Waals surface area contributed by atoms with E-state index in [0.717, 1.165) is 38.6 Å². The molecule has 2 aliphatic heterocycles. The van der Waals surface area contributed by atoms with Gasteiger partial charge in [-0.2, -0.15) is 0 Å². The molecule has 2 N–H and O–H groups in total. The van der Waals surface area contributed by atoms with Crippen molar-refractivity contribution in [3.8, 4) is 0 Å². The Morgan fingerprint density at radius 2 is 1.64 bits per heavy atom. The fraction of sp³-hybridized carbons (Fsp3) is 0.889. The molecular formula is C18H35N5O2. The van der Waals surface area contributed by atoms with E-state index in [0.29, 0.717) is 26.2 Å². The van der Waals surface area contributed by atoms with Crippen LogP contribution in [0.4, 0.5) is 4.79 Å². The van der Waals surface area contributed by atoms with Gasteiger partial charge in [-0.05, 0) is 45.7 Å². The van der Waals surface area contributed by atoms with Crippen molar-refractivity contribution < 1.29 is 9.59 Å². The number of rotatable bonds is 6. The smallest absolute Gasteiger partial charge is 0.317 e. The second-order valence-corrected chi connectivity index (χ2v) is 7.74. The summed E-state index contributed by atoms with van der Waals surface area (Å²) in [5.74, 6) is 0.897. The monoisotopic (exact) mass is 353 g/mol. The molecule has 3 amide bonds. The van der Waals surface area contributed by atoms with E-state index in [9.17, 15) is 9.59 Å². The number of likely N-dealkylation sites (tertiary alicyclic amines) is 1. The fourth-order valence-corrected chi connectivity index (χ4v) is 3.40. The van der Waals surface area contributed by atoms with E-state index < -0.39 is 0 Å². The third-order valence-electron chi connectivity index (χ3n) is 5.06. The summed E-state index contributed by atoms with van der Waals surface area (Å²) in [6, 6.07) is 0.194. The van der Waals surface area contributed by atoms with E-state index in [4.69, 9.17) is 0 Å². The van der Waals surface area contributed by atoms with Crippen LogP contribution in [0, 0.1) is 5.92 Å². The molecule has 0 spiro atoms. The Kier molecular flexibility index (Phi) is 7.96. The van der Waals surface area contributed by atoms with Crippen molar-refractivity contribution in [1.29, 1.82) is 0 Å². The molecule has 2 aliphatic rings. The van der Waals surface area contributed by atoms with Crippen molar-refractivity contribution in [3.63, 3.8) is 0 Å². The third kappa shape index (κ3) is 7.20. The van der Waals surface area contributed by atoms with Crippen LogP contribution in [0.15, 0.2) is 0 Å². The van der Waals surface area contributed by atoms with Crippen LogP contribution in [0.1, 0.15) is 33.6 Å². The van der Waals surface area contributed by atoms with Gasteiger partial charge >= 0.3 is 6.03 Å². The van der Waals surface area contributed by atoms with Gasteiger partial charge in [-0.25, -0.2) is 4.79 Å². The summed E-state index contributed by atoms with van der Waals surface area (Å²) < 4.78 is 0. The first-order valence-electron chi connectivity index (χ1n) is 9.71. The highest BCUT2D eigenvalue weighted by Crippen LogP contribution is 2.15. The molecule has 0 aromatic rings. The average Bonchev–Trinajstić information content (AvgIpc) is 2.56. The van der Waals surface area contributed by atoms with Crippen LogP contribution in [0.25, 0.3) is 0 Å². The van der Waals surface area contributed by atoms with Crippen LogP contribution in [-0.2, 0) is 4.79 Å². The lowest BCUT2D eigenvalue weighted by Crippen LogP contribution is -2.54. The van der Waals surface area contributed by atoms with Gasteiger partial charge in [-0.15, -0.1) is 0 Å². The molecule has 0 aromatic heterocycles. The highest BCUT2D eigenvalue weighted by atomic mass is 16.2. The molecule has 2 rings (SSSR count). The zero-order chi connectivity index (χ0) is 18.2. The number of carbonyl (C=O) groups excluding carboxylic acids is 2. The summed E-state index contributed by atoms with van der Waals surface area (Å²) in [5.41, 5.74) is 0. The van der Waals surface area contributed by atoms with Crippen molar-refractivity contribution in [3.05, 3.63) is 0 Å². The lowest BCUT2D eigenvalue weighted by molar-refractivity contribution is -0.123. The van der Waals surface area contributed by atoms with Gasteiger partial charge in [0.25, 0.3) is 0 Å². The summed E-state index contributed by atoms with van der Waals surface area (Å²) in [5, 5.41) is 5.95. The van der Waals surface area contributed by atoms with Crippen LogP contribution in [0.2, 0.25) is 0 Å². The van der Waals surface area contributed by atoms with Crippen LogP contribution in [-0.4, -0.2) is 91.6 Å². The molecule has 0 radical (unpaired) electrons. The number of amides is 3. The summed E-state index contributed by atoms with van der Waals surface area (Å²) in [4.78, 5) is 30.5. The minimum Gasteiger partial charge on any atom is -0.353 e. The van der Waals surface area contributed by atoms with Crippen LogP contribution in [0.3, 0.4) is 0 Å². The number of hydrogen-bond donors (Lipinski definition) is 2. The summed E-state index contributed by atoms with van der Waals surface area (Å²) in [6.45, 7) is 13.5. The van der Waals surface area contributed by atoms with Gasteiger partial charge in [0.15, 0.2) is 0 Å². The van der Waals surface area contributed by atoms with Gasteiger partial charge < -0.3 is 20.4 Å². The predicted octanol–water partition coefficient (Wildman–Crippen LogP) is 0.570. The Hall–Kier alpha value is -1.34. The van der Waals surface area contributed by atoms with Gasteiger partial charge in [0.1, 0.15) is 0 Å². The predicted molar refractivity (Wildman–Crippen MR) is 99.5 cm³/mol. The Balaban J connectivity index is 1.58. The summed E-state index contributed by atoms with van der Waals surface area (Å²) in [7, 11) is 0. The maximum atomic E-state index is 12.3. The van der Waals surface area contributed by atoms with Crippen LogP contribution >= 0.6 is 0 Å². The minimum atomic E-state index is 0.0247. The van der Waals surface area contributed by atoms with Crippen molar-refractivity contribution in [2.75, 3.05) is 58.9 Å². The van der Waals surface area contributed by atoms with E-state index in [1.807, 2.05) is 18.7 Å². The molecule has 7 nitrogen and oxygen atoms in total. The molecule has 0 bridgehead atoms. The first kappa shape index (κ1) is 20.0. The molecule has 0 atom stereocenters. The van der Waals surface area contributed by atoms with Crippen molar-refractivity contribution in [2.45, 2.75) is 39.7 Å². The number of hydrogen-bond acceptors (Lipinski definition) is 4. The number of piperidine rings is 1. The topological polar surface area (TPSA) is 67.9 Å². The first-order chi connectivity index (χ1) is 11.9. The van der Waals surface area contributed by atoms with Crippen molar-refractivity contribution >= 4 is 11.9 Å². The largest absolute Gasteiger partial charge is 0.353 e. The summed E-state index contributed by atoms with van der Waals surface area (Å²) >= 11 is 0. The van der Waals surface area contributed by atoms with Gasteiger partial charge in [0.05, 0.1) is 6.54 Å². The first-order valence-corrected chi connectivity index (χ1v) is 9.71. The average molecular weight is 354 g/mol. The number of urea groups is 1. The number of piperazine rings is 1. The molecule has 0 saturated carbocycles. The molecule has 2 heterocycles. The molecule has 7 heteroatoms. The van der Waals surface area contributed by atoms with Crippen molar-refractivity contribution in [1.82, 2.24) is 25.3 Å². The lowest BCUT2D eigenvalue weighted by atomic mass is 9.99. The van der Waals surface area contributed by atoms with E-state index in [1.165, 1.54) is 12.8 Å². The highest BCUT2D eigenvalue weighted by Gasteiger charge is 2.22. The maximum Gasteiger partial charge on any atom is 0.317 e. The van der Waals surface area contributed by atoms with Crippen molar-refractivity contribution in [2.24, 2.45) is 5.92 Å². The molecule has 0 aliphatic carbocycles. The Labute approximate surface area is 152 Å². The lowest BCUT2D eigenvalue weighted by Gasteiger charge is -2.35. The van der Waals surface area contributed by atoms with E-state index >= 15 is 0 Å². The maximum absolute atomic E-state index is 12.3. The number of nitrogens with zero attached hydrogens (tertiary/aromatic N) is 3. The molecule has 144 valence electrons. The van der Waals surface area contributed by atoms with Crippen LogP contribution < -0.4 is 10.6 Å². The quantitative estimate of drug-likeness (QED) is 0.733. The Morgan fingerprint density at radius 1 is 1.00 bits per heavy atom. The normalized spacial score (nSPS) is 20.7. The molecule has 0 unspecified atom stereocenters. The Bertz CT molecular complexity index is 427. The SMILES string of the molecule is CC1CCN(CCNC(=O)N2CCN(CC(=O)NC(C)C)CC2)CC1. The van der Waals surface area contributed by atoms with Gasteiger partial charge in [0, 0.05) is 45.3 Å². The zero-order valence-corrected chi connectivity index (χ0v) is 16.1. The van der Waals surface area contributed by atoms with Gasteiger partial charge in [0.2, 0.25) is 5.91 Å². The fourth-order valence-electron chi connectivity index (χ4n) is 3.40. The second-order valence-electron chi connectivity index (χ2n) is 7.74. The molecule has 2 fully saturated rings.